The molecule has 1 heterocycles. The zero-order valence-corrected chi connectivity index (χ0v) is 12.4. The van der Waals surface area contributed by atoms with Gasteiger partial charge >= 0.3 is 0 Å². The number of rotatable bonds is 3. The van der Waals surface area contributed by atoms with E-state index in [9.17, 15) is 0 Å². The molecule has 3 nitrogen and oxygen atoms in total. The molecule has 1 unspecified atom stereocenters. The summed E-state index contributed by atoms with van der Waals surface area (Å²) in [4.78, 5) is 8.12. The van der Waals surface area contributed by atoms with Gasteiger partial charge < -0.3 is 5.32 Å². The highest BCUT2D eigenvalue weighted by atomic mass is 79.9. The Morgan fingerprint density at radius 2 is 1.88 bits per heavy atom. The summed E-state index contributed by atoms with van der Waals surface area (Å²) in [5, 5.41) is 3.33. The van der Waals surface area contributed by atoms with Crippen molar-refractivity contribution in [2.45, 2.75) is 13.0 Å². The first-order chi connectivity index (χ1) is 8.16. The Labute approximate surface area is 117 Å². The van der Waals surface area contributed by atoms with Crippen molar-refractivity contribution in [1.29, 1.82) is 0 Å². The maximum atomic E-state index is 4.18. The van der Waals surface area contributed by atoms with Gasteiger partial charge in [0.1, 0.15) is 12.1 Å². The van der Waals surface area contributed by atoms with Gasteiger partial charge in [0.2, 0.25) is 0 Å². The Bertz CT molecular complexity index is 499. The number of benzene rings is 1. The molecule has 0 fully saturated rings. The highest BCUT2D eigenvalue weighted by molar-refractivity contribution is 9.10. The van der Waals surface area contributed by atoms with E-state index >= 15 is 0 Å². The fraction of sp³-hybridized carbons (Fsp3) is 0.167. The summed E-state index contributed by atoms with van der Waals surface area (Å²) in [7, 11) is 0. The first kappa shape index (κ1) is 12.5. The summed E-state index contributed by atoms with van der Waals surface area (Å²) < 4.78 is 1.95. The fourth-order valence-electron chi connectivity index (χ4n) is 1.46. The van der Waals surface area contributed by atoms with Gasteiger partial charge in [-0.2, -0.15) is 0 Å². The van der Waals surface area contributed by atoms with E-state index in [4.69, 9.17) is 0 Å². The van der Waals surface area contributed by atoms with Crippen LogP contribution in [0.3, 0.4) is 0 Å². The molecule has 0 radical (unpaired) electrons. The summed E-state index contributed by atoms with van der Waals surface area (Å²) in [6.45, 7) is 2.10. The second-order valence-corrected chi connectivity index (χ2v) is 5.41. The van der Waals surface area contributed by atoms with Crippen LogP contribution in [0.25, 0.3) is 0 Å². The molecule has 1 atom stereocenters. The summed E-state index contributed by atoms with van der Waals surface area (Å²) in [5.74, 6) is 0.801. The SMILES string of the molecule is CC(Nc1ncncc1Br)c1ccc(Br)cc1. The second-order valence-electron chi connectivity index (χ2n) is 3.64. The Kier molecular flexibility index (Phi) is 4.12. The molecule has 0 saturated heterocycles. The third kappa shape index (κ3) is 3.26. The smallest absolute Gasteiger partial charge is 0.144 e. The molecule has 0 bridgehead atoms. The van der Waals surface area contributed by atoms with Crippen molar-refractivity contribution in [1.82, 2.24) is 9.97 Å². The Hall–Kier alpha value is -0.940. The van der Waals surface area contributed by atoms with Gasteiger partial charge in [0, 0.05) is 16.7 Å². The average Bonchev–Trinajstić information content (AvgIpc) is 2.33. The molecule has 2 aromatic rings. The molecule has 0 saturated carbocycles. The van der Waals surface area contributed by atoms with Crippen LogP contribution in [-0.2, 0) is 0 Å². The maximum absolute atomic E-state index is 4.18. The van der Waals surface area contributed by atoms with Gasteiger partial charge in [-0.15, -0.1) is 0 Å². The number of nitrogens with one attached hydrogen (secondary N) is 1. The van der Waals surface area contributed by atoms with Gasteiger partial charge in [-0.1, -0.05) is 28.1 Å². The van der Waals surface area contributed by atoms with Crippen LogP contribution in [0.1, 0.15) is 18.5 Å². The molecule has 0 aliphatic carbocycles. The van der Waals surface area contributed by atoms with Crippen LogP contribution in [0.15, 0.2) is 45.7 Å². The van der Waals surface area contributed by atoms with Crippen molar-refractivity contribution in [3.63, 3.8) is 0 Å². The molecule has 2 rings (SSSR count). The monoisotopic (exact) mass is 355 g/mol. The van der Waals surface area contributed by atoms with Gasteiger partial charge in [0.15, 0.2) is 0 Å². The number of hydrogen-bond acceptors (Lipinski definition) is 3. The molecule has 0 amide bonds. The highest BCUT2D eigenvalue weighted by Gasteiger charge is 2.08. The lowest BCUT2D eigenvalue weighted by Crippen LogP contribution is -2.08. The van der Waals surface area contributed by atoms with Gasteiger partial charge in [0.25, 0.3) is 0 Å². The lowest BCUT2D eigenvalue weighted by Gasteiger charge is -2.15. The van der Waals surface area contributed by atoms with Gasteiger partial charge in [-0.05, 0) is 40.5 Å². The minimum atomic E-state index is 0.189. The molecule has 0 spiro atoms. The van der Waals surface area contributed by atoms with E-state index in [0.717, 1.165) is 14.8 Å². The van der Waals surface area contributed by atoms with Crippen LogP contribution in [0.2, 0.25) is 0 Å². The third-order valence-electron chi connectivity index (χ3n) is 2.39. The molecular formula is C12H11Br2N3. The van der Waals surface area contributed by atoms with Gasteiger partial charge in [-0.25, -0.2) is 9.97 Å². The maximum Gasteiger partial charge on any atom is 0.144 e. The number of nitrogens with zero attached hydrogens (tertiary/aromatic N) is 2. The second kappa shape index (κ2) is 5.60. The molecule has 1 aromatic heterocycles. The minimum absolute atomic E-state index is 0.189. The minimum Gasteiger partial charge on any atom is -0.363 e. The van der Waals surface area contributed by atoms with Crippen LogP contribution in [0.4, 0.5) is 5.82 Å². The zero-order valence-electron chi connectivity index (χ0n) is 9.19. The van der Waals surface area contributed by atoms with E-state index < -0.39 is 0 Å². The van der Waals surface area contributed by atoms with Crippen LogP contribution in [-0.4, -0.2) is 9.97 Å². The predicted octanol–water partition coefficient (Wildman–Crippen LogP) is 4.17. The number of hydrogen-bond donors (Lipinski definition) is 1. The summed E-state index contributed by atoms with van der Waals surface area (Å²) >= 11 is 6.84. The Morgan fingerprint density at radius 1 is 1.18 bits per heavy atom. The molecule has 88 valence electrons. The summed E-state index contributed by atoms with van der Waals surface area (Å²) in [5.41, 5.74) is 1.21. The van der Waals surface area contributed by atoms with Gasteiger partial charge in [0.05, 0.1) is 4.47 Å². The van der Waals surface area contributed by atoms with Crippen molar-refractivity contribution >= 4 is 37.7 Å². The normalized spacial score (nSPS) is 12.2. The quantitative estimate of drug-likeness (QED) is 0.896. The van der Waals surface area contributed by atoms with Crippen molar-refractivity contribution in [3.05, 3.63) is 51.3 Å². The number of anilines is 1. The van der Waals surface area contributed by atoms with Crippen LogP contribution >= 0.6 is 31.9 Å². The van der Waals surface area contributed by atoms with Crippen molar-refractivity contribution in [2.24, 2.45) is 0 Å². The van der Waals surface area contributed by atoms with Crippen LogP contribution < -0.4 is 5.32 Å². The molecule has 5 heteroatoms. The Morgan fingerprint density at radius 3 is 2.53 bits per heavy atom. The van der Waals surface area contributed by atoms with E-state index in [1.807, 2.05) is 12.1 Å². The summed E-state index contributed by atoms with van der Waals surface area (Å²) in [6, 6.07) is 8.41. The first-order valence-corrected chi connectivity index (χ1v) is 6.73. The molecule has 17 heavy (non-hydrogen) atoms. The molecule has 0 aliphatic heterocycles. The average molecular weight is 357 g/mol. The van der Waals surface area contributed by atoms with E-state index in [2.05, 4.69) is 66.2 Å². The van der Waals surface area contributed by atoms with Crippen LogP contribution in [0, 0.1) is 0 Å². The van der Waals surface area contributed by atoms with E-state index in [1.54, 1.807) is 6.20 Å². The lowest BCUT2D eigenvalue weighted by atomic mass is 10.1. The molecule has 1 aromatic carbocycles. The van der Waals surface area contributed by atoms with E-state index in [0.29, 0.717) is 0 Å². The standard InChI is InChI=1S/C12H11Br2N3/c1-8(9-2-4-10(13)5-3-9)17-12-11(14)6-15-7-16-12/h2-8H,1H3,(H,15,16,17). The predicted molar refractivity (Wildman–Crippen MR) is 75.9 cm³/mol. The van der Waals surface area contributed by atoms with E-state index in [1.165, 1.54) is 11.9 Å². The topological polar surface area (TPSA) is 37.8 Å². The molecule has 0 aliphatic rings. The zero-order chi connectivity index (χ0) is 12.3. The molecule has 1 N–H and O–H groups in total. The number of halogens is 2. The van der Waals surface area contributed by atoms with Crippen molar-refractivity contribution in [3.8, 4) is 0 Å². The fourth-order valence-corrected chi connectivity index (χ4v) is 2.06. The highest BCUT2D eigenvalue weighted by Crippen LogP contribution is 2.24. The molecular weight excluding hydrogens is 346 g/mol. The third-order valence-corrected chi connectivity index (χ3v) is 3.50. The Balaban J connectivity index is 2.14. The van der Waals surface area contributed by atoms with Crippen molar-refractivity contribution in [2.75, 3.05) is 5.32 Å². The summed E-state index contributed by atoms with van der Waals surface area (Å²) in [6.07, 6.45) is 3.25. The largest absolute Gasteiger partial charge is 0.363 e. The first-order valence-electron chi connectivity index (χ1n) is 5.14. The van der Waals surface area contributed by atoms with Gasteiger partial charge in [-0.3, -0.25) is 0 Å². The van der Waals surface area contributed by atoms with Crippen molar-refractivity contribution < 1.29 is 0 Å². The van der Waals surface area contributed by atoms with Crippen LogP contribution in [0.5, 0.6) is 0 Å². The number of aromatic nitrogens is 2. The lowest BCUT2D eigenvalue weighted by molar-refractivity contribution is 0.869. The van der Waals surface area contributed by atoms with E-state index in [-0.39, 0.29) is 6.04 Å².